The van der Waals surface area contributed by atoms with Crippen molar-refractivity contribution in [1.82, 2.24) is 4.90 Å². The van der Waals surface area contributed by atoms with Crippen LogP contribution in [-0.2, 0) is 0 Å². The van der Waals surface area contributed by atoms with Crippen molar-refractivity contribution in [1.29, 1.82) is 5.26 Å². The van der Waals surface area contributed by atoms with Crippen molar-refractivity contribution in [3.63, 3.8) is 0 Å². The Morgan fingerprint density at radius 3 is 2.89 bits per heavy atom. The van der Waals surface area contributed by atoms with Gasteiger partial charge in [-0.3, -0.25) is 0 Å². The predicted molar refractivity (Wildman–Crippen MR) is 74.4 cm³/mol. The summed E-state index contributed by atoms with van der Waals surface area (Å²) in [6.07, 6.45) is 2.46. The molecule has 1 heterocycles. The van der Waals surface area contributed by atoms with E-state index in [0.29, 0.717) is 5.92 Å². The molecule has 18 heavy (non-hydrogen) atoms. The van der Waals surface area contributed by atoms with E-state index in [9.17, 15) is 5.26 Å². The van der Waals surface area contributed by atoms with E-state index in [1.165, 1.54) is 31.5 Å². The standard InChI is InChI=1S/C16H22N2/c1-13(2)11-18-9-5-7-15(12-18)16-8-4-3-6-14(16)10-17/h3-4,6,8,13,15H,5,7,9,11-12H2,1-2H3. The Morgan fingerprint density at radius 2 is 2.17 bits per heavy atom. The molecule has 0 spiro atoms. The maximum atomic E-state index is 9.20. The van der Waals surface area contributed by atoms with Crippen LogP contribution < -0.4 is 0 Å². The maximum absolute atomic E-state index is 9.20. The molecule has 0 N–H and O–H groups in total. The molecule has 1 atom stereocenters. The molecule has 1 fully saturated rings. The van der Waals surface area contributed by atoms with Crippen LogP contribution in [0, 0.1) is 17.2 Å². The van der Waals surface area contributed by atoms with Crippen LogP contribution in [0.2, 0.25) is 0 Å². The van der Waals surface area contributed by atoms with Crippen LogP contribution in [-0.4, -0.2) is 24.5 Å². The molecule has 1 aliphatic rings. The van der Waals surface area contributed by atoms with Gasteiger partial charge in [-0.25, -0.2) is 0 Å². The molecule has 96 valence electrons. The molecule has 0 bridgehead atoms. The molecule has 2 heteroatoms. The third-order valence-electron chi connectivity index (χ3n) is 3.65. The number of nitrogens with zero attached hydrogens (tertiary/aromatic N) is 2. The first-order chi connectivity index (χ1) is 8.70. The van der Waals surface area contributed by atoms with E-state index >= 15 is 0 Å². The van der Waals surface area contributed by atoms with Crippen LogP contribution >= 0.6 is 0 Å². The van der Waals surface area contributed by atoms with Gasteiger partial charge in [0.1, 0.15) is 0 Å². The summed E-state index contributed by atoms with van der Waals surface area (Å²) < 4.78 is 0. The van der Waals surface area contributed by atoms with Crippen molar-refractivity contribution < 1.29 is 0 Å². The second kappa shape index (κ2) is 6.02. The van der Waals surface area contributed by atoms with Crippen molar-refractivity contribution in [3.05, 3.63) is 35.4 Å². The summed E-state index contributed by atoms with van der Waals surface area (Å²) in [6.45, 7) is 8.03. The van der Waals surface area contributed by atoms with E-state index in [1.54, 1.807) is 0 Å². The monoisotopic (exact) mass is 242 g/mol. The Balaban J connectivity index is 2.11. The largest absolute Gasteiger partial charge is 0.302 e. The molecule has 0 saturated carbocycles. The lowest BCUT2D eigenvalue weighted by molar-refractivity contribution is 0.188. The van der Waals surface area contributed by atoms with Gasteiger partial charge in [0.15, 0.2) is 0 Å². The summed E-state index contributed by atoms with van der Waals surface area (Å²) in [5, 5.41) is 9.20. The van der Waals surface area contributed by atoms with Gasteiger partial charge >= 0.3 is 0 Å². The Hall–Kier alpha value is -1.33. The van der Waals surface area contributed by atoms with Gasteiger partial charge in [-0.1, -0.05) is 32.0 Å². The minimum absolute atomic E-state index is 0.536. The Kier molecular flexibility index (Phi) is 4.38. The van der Waals surface area contributed by atoms with Gasteiger partial charge in [0, 0.05) is 13.1 Å². The number of hydrogen-bond donors (Lipinski definition) is 0. The van der Waals surface area contributed by atoms with Gasteiger partial charge in [0.25, 0.3) is 0 Å². The van der Waals surface area contributed by atoms with Gasteiger partial charge < -0.3 is 4.90 Å². The lowest BCUT2D eigenvalue weighted by Crippen LogP contribution is -2.36. The van der Waals surface area contributed by atoms with E-state index in [0.717, 1.165) is 18.0 Å². The molecule has 1 saturated heterocycles. The molecule has 0 amide bonds. The van der Waals surface area contributed by atoms with Crippen molar-refractivity contribution in [3.8, 4) is 6.07 Å². The van der Waals surface area contributed by atoms with Gasteiger partial charge in [-0.2, -0.15) is 5.26 Å². The normalized spacial score (nSPS) is 20.9. The molecule has 1 aliphatic heterocycles. The molecule has 0 aromatic heterocycles. The number of rotatable bonds is 3. The van der Waals surface area contributed by atoms with Crippen molar-refractivity contribution in [2.45, 2.75) is 32.6 Å². The first-order valence-corrected chi connectivity index (χ1v) is 6.92. The number of hydrogen-bond acceptors (Lipinski definition) is 2. The summed E-state index contributed by atoms with van der Waals surface area (Å²) in [7, 11) is 0. The SMILES string of the molecule is CC(C)CN1CCCC(c2ccccc2C#N)C1. The quantitative estimate of drug-likeness (QED) is 0.812. The van der Waals surface area contributed by atoms with Crippen molar-refractivity contribution >= 4 is 0 Å². The van der Waals surface area contributed by atoms with E-state index in [-0.39, 0.29) is 0 Å². The third-order valence-corrected chi connectivity index (χ3v) is 3.65. The van der Waals surface area contributed by atoms with E-state index < -0.39 is 0 Å². The maximum Gasteiger partial charge on any atom is 0.0994 e. The average Bonchev–Trinajstić information content (AvgIpc) is 2.38. The summed E-state index contributed by atoms with van der Waals surface area (Å²) in [6, 6.07) is 10.4. The molecule has 2 rings (SSSR count). The van der Waals surface area contributed by atoms with Crippen molar-refractivity contribution in [2.75, 3.05) is 19.6 Å². The summed E-state index contributed by atoms with van der Waals surface area (Å²) in [5.41, 5.74) is 2.10. The highest BCUT2D eigenvalue weighted by atomic mass is 15.1. The molecule has 1 unspecified atom stereocenters. The highest BCUT2D eigenvalue weighted by molar-refractivity contribution is 5.40. The smallest absolute Gasteiger partial charge is 0.0994 e. The van der Waals surface area contributed by atoms with Crippen LogP contribution in [0.4, 0.5) is 0 Å². The molecule has 0 radical (unpaired) electrons. The Bertz CT molecular complexity index is 431. The van der Waals surface area contributed by atoms with E-state index in [4.69, 9.17) is 0 Å². The number of likely N-dealkylation sites (tertiary alicyclic amines) is 1. The lowest BCUT2D eigenvalue weighted by atomic mass is 9.87. The molecule has 1 aromatic rings. The minimum atomic E-state index is 0.536. The zero-order chi connectivity index (χ0) is 13.0. The van der Waals surface area contributed by atoms with Crippen molar-refractivity contribution in [2.24, 2.45) is 5.92 Å². The van der Waals surface area contributed by atoms with Crippen LogP contribution in [0.1, 0.15) is 43.7 Å². The zero-order valence-electron chi connectivity index (χ0n) is 11.4. The fourth-order valence-electron chi connectivity index (χ4n) is 2.95. The molecule has 1 aromatic carbocycles. The van der Waals surface area contributed by atoms with Crippen LogP contribution in [0.15, 0.2) is 24.3 Å². The lowest BCUT2D eigenvalue weighted by Gasteiger charge is -2.34. The second-order valence-electron chi connectivity index (χ2n) is 5.69. The Morgan fingerprint density at radius 1 is 1.39 bits per heavy atom. The van der Waals surface area contributed by atoms with E-state index in [1.807, 2.05) is 12.1 Å². The summed E-state index contributed by atoms with van der Waals surface area (Å²) >= 11 is 0. The molecule has 2 nitrogen and oxygen atoms in total. The van der Waals surface area contributed by atoms with E-state index in [2.05, 4.69) is 36.9 Å². The van der Waals surface area contributed by atoms with Crippen LogP contribution in [0.5, 0.6) is 0 Å². The van der Waals surface area contributed by atoms with Crippen LogP contribution in [0.3, 0.4) is 0 Å². The average molecular weight is 242 g/mol. The van der Waals surface area contributed by atoms with Gasteiger partial charge in [0.05, 0.1) is 11.6 Å². The van der Waals surface area contributed by atoms with Crippen LogP contribution in [0.25, 0.3) is 0 Å². The molecular weight excluding hydrogens is 220 g/mol. The minimum Gasteiger partial charge on any atom is -0.302 e. The van der Waals surface area contributed by atoms with Gasteiger partial charge in [0.2, 0.25) is 0 Å². The fourth-order valence-corrected chi connectivity index (χ4v) is 2.95. The predicted octanol–water partition coefficient (Wildman–Crippen LogP) is 3.39. The zero-order valence-corrected chi connectivity index (χ0v) is 11.4. The highest BCUT2D eigenvalue weighted by Crippen LogP contribution is 2.29. The van der Waals surface area contributed by atoms with Gasteiger partial charge in [-0.15, -0.1) is 0 Å². The Labute approximate surface area is 110 Å². The highest BCUT2D eigenvalue weighted by Gasteiger charge is 2.23. The fraction of sp³-hybridized carbons (Fsp3) is 0.562. The molecular formula is C16H22N2. The molecule has 0 aliphatic carbocycles. The van der Waals surface area contributed by atoms with Gasteiger partial charge in [-0.05, 0) is 42.9 Å². The topological polar surface area (TPSA) is 27.0 Å². The summed E-state index contributed by atoms with van der Waals surface area (Å²) in [4.78, 5) is 2.55. The first-order valence-electron chi connectivity index (χ1n) is 6.92. The summed E-state index contributed by atoms with van der Waals surface area (Å²) in [5.74, 6) is 1.25. The number of nitriles is 1. The number of piperidine rings is 1. The third kappa shape index (κ3) is 3.11. The number of benzene rings is 1. The second-order valence-corrected chi connectivity index (χ2v) is 5.69. The first kappa shape index (κ1) is 13.1.